The molecule has 1 unspecified atom stereocenters. The lowest BCUT2D eigenvalue weighted by Crippen LogP contribution is -2.29. The molecular weight excluding hydrogens is 370 g/mol. The van der Waals surface area contributed by atoms with E-state index in [2.05, 4.69) is 19.9 Å². The minimum atomic E-state index is -0.122. The number of likely N-dealkylation sites (tertiary alicyclic amines) is 1. The minimum absolute atomic E-state index is 0.0498. The van der Waals surface area contributed by atoms with Crippen LogP contribution in [0, 0.1) is 6.92 Å². The molecule has 1 aromatic carbocycles. The molecule has 0 saturated carbocycles. The topological polar surface area (TPSA) is 90.3 Å². The van der Waals surface area contributed by atoms with Crippen LogP contribution < -0.4 is 9.47 Å². The predicted octanol–water partition coefficient (Wildman–Crippen LogP) is 3.01. The molecule has 148 valence electrons. The fourth-order valence-electron chi connectivity index (χ4n) is 3.29. The maximum absolute atomic E-state index is 12.6. The van der Waals surface area contributed by atoms with E-state index < -0.39 is 0 Å². The van der Waals surface area contributed by atoms with Gasteiger partial charge >= 0.3 is 0 Å². The van der Waals surface area contributed by atoms with Crippen LogP contribution in [0.15, 0.2) is 48.9 Å². The molecule has 3 aromatic rings. The Hall–Kier alpha value is -3.55. The number of benzene rings is 1. The molecule has 4 rings (SSSR count). The van der Waals surface area contributed by atoms with Crippen molar-refractivity contribution in [3.8, 4) is 17.4 Å². The van der Waals surface area contributed by atoms with Crippen LogP contribution >= 0.6 is 0 Å². The van der Waals surface area contributed by atoms with Gasteiger partial charge in [0, 0.05) is 43.2 Å². The number of hydrogen-bond acceptors (Lipinski definition) is 7. The lowest BCUT2D eigenvalue weighted by molar-refractivity contribution is 0.0784. The number of carbonyl (C=O) groups is 1. The number of aryl methyl sites for hydroxylation is 1. The SMILES string of the molecule is COc1ccc(Oc2cc(C)nc(C3CCN(C(=O)c4cnccn4)C3)n2)cc1. The van der Waals surface area contributed by atoms with Crippen molar-refractivity contribution in [3.05, 3.63) is 66.1 Å². The maximum Gasteiger partial charge on any atom is 0.274 e. The number of aromatic nitrogens is 4. The Morgan fingerprint density at radius 2 is 1.93 bits per heavy atom. The summed E-state index contributed by atoms with van der Waals surface area (Å²) < 4.78 is 11.1. The fourth-order valence-corrected chi connectivity index (χ4v) is 3.29. The molecular formula is C21H21N5O3. The van der Waals surface area contributed by atoms with Crippen LogP contribution in [0.5, 0.6) is 17.4 Å². The number of carbonyl (C=O) groups excluding carboxylic acids is 1. The number of hydrogen-bond donors (Lipinski definition) is 0. The van der Waals surface area contributed by atoms with E-state index in [-0.39, 0.29) is 11.8 Å². The molecule has 1 aliphatic rings. The molecule has 1 amide bonds. The third kappa shape index (κ3) is 4.31. The van der Waals surface area contributed by atoms with E-state index in [1.54, 1.807) is 24.3 Å². The van der Waals surface area contributed by atoms with Gasteiger partial charge in [0.25, 0.3) is 5.91 Å². The van der Waals surface area contributed by atoms with Crippen molar-refractivity contribution >= 4 is 5.91 Å². The summed E-state index contributed by atoms with van der Waals surface area (Å²) in [4.78, 5) is 31.6. The number of ether oxygens (including phenoxy) is 2. The fraction of sp³-hybridized carbons (Fsp3) is 0.286. The summed E-state index contributed by atoms with van der Waals surface area (Å²) in [6.07, 6.45) is 5.35. The van der Waals surface area contributed by atoms with Gasteiger partial charge in [-0.15, -0.1) is 0 Å². The van der Waals surface area contributed by atoms with Crippen molar-refractivity contribution in [3.63, 3.8) is 0 Å². The molecule has 0 spiro atoms. The molecule has 1 atom stereocenters. The first-order valence-corrected chi connectivity index (χ1v) is 9.35. The van der Waals surface area contributed by atoms with Gasteiger partial charge in [-0.1, -0.05) is 0 Å². The highest BCUT2D eigenvalue weighted by Crippen LogP contribution is 2.29. The highest BCUT2D eigenvalue weighted by molar-refractivity contribution is 5.92. The second kappa shape index (κ2) is 8.22. The lowest BCUT2D eigenvalue weighted by Gasteiger charge is -2.16. The average Bonchev–Trinajstić information content (AvgIpc) is 3.24. The van der Waals surface area contributed by atoms with Crippen LogP contribution in [0.3, 0.4) is 0 Å². The normalized spacial score (nSPS) is 15.9. The van der Waals surface area contributed by atoms with Gasteiger partial charge in [0.1, 0.15) is 23.0 Å². The highest BCUT2D eigenvalue weighted by Gasteiger charge is 2.30. The average molecular weight is 391 g/mol. The van der Waals surface area contributed by atoms with Crippen molar-refractivity contribution in [2.24, 2.45) is 0 Å². The molecule has 1 aliphatic heterocycles. The second-order valence-corrected chi connectivity index (χ2v) is 6.81. The maximum atomic E-state index is 12.6. The molecule has 29 heavy (non-hydrogen) atoms. The zero-order chi connectivity index (χ0) is 20.2. The molecule has 8 heteroatoms. The Balaban J connectivity index is 1.48. The third-order valence-electron chi connectivity index (χ3n) is 4.75. The van der Waals surface area contributed by atoms with Gasteiger partial charge < -0.3 is 14.4 Å². The van der Waals surface area contributed by atoms with Crippen molar-refractivity contribution in [1.82, 2.24) is 24.8 Å². The van der Waals surface area contributed by atoms with E-state index in [0.717, 1.165) is 17.9 Å². The van der Waals surface area contributed by atoms with Crippen LogP contribution in [0.25, 0.3) is 0 Å². The molecule has 3 heterocycles. The first-order valence-electron chi connectivity index (χ1n) is 9.35. The van der Waals surface area contributed by atoms with E-state index in [0.29, 0.717) is 36.2 Å². The van der Waals surface area contributed by atoms with E-state index in [4.69, 9.17) is 9.47 Å². The van der Waals surface area contributed by atoms with Gasteiger partial charge in [0.2, 0.25) is 5.88 Å². The Labute approximate surface area is 168 Å². The summed E-state index contributed by atoms with van der Waals surface area (Å²) in [6.45, 7) is 3.08. The highest BCUT2D eigenvalue weighted by atomic mass is 16.5. The van der Waals surface area contributed by atoms with E-state index in [1.165, 1.54) is 12.4 Å². The molecule has 8 nitrogen and oxygen atoms in total. The number of methoxy groups -OCH3 is 1. The van der Waals surface area contributed by atoms with Gasteiger partial charge in [-0.3, -0.25) is 9.78 Å². The van der Waals surface area contributed by atoms with Crippen molar-refractivity contribution in [1.29, 1.82) is 0 Å². The van der Waals surface area contributed by atoms with Crippen LogP contribution in [-0.4, -0.2) is 50.9 Å². The van der Waals surface area contributed by atoms with Crippen molar-refractivity contribution < 1.29 is 14.3 Å². The molecule has 0 N–H and O–H groups in total. The summed E-state index contributed by atoms with van der Waals surface area (Å²) in [5.74, 6) is 2.52. The largest absolute Gasteiger partial charge is 0.497 e. The standard InChI is InChI=1S/C21H21N5O3/c1-14-11-19(29-17-5-3-16(28-2)4-6-17)25-20(24-14)15-7-10-26(13-15)21(27)18-12-22-8-9-23-18/h3-6,8-9,11-12,15H,7,10,13H2,1-2H3. The number of nitrogens with zero attached hydrogens (tertiary/aromatic N) is 5. The first kappa shape index (κ1) is 18.8. The second-order valence-electron chi connectivity index (χ2n) is 6.81. The third-order valence-corrected chi connectivity index (χ3v) is 4.75. The molecule has 1 saturated heterocycles. The number of rotatable bonds is 5. The van der Waals surface area contributed by atoms with Crippen LogP contribution in [0.1, 0.15) is 34.3 Å². The van der Waals surface area contributed by atoms with Gasteiger partial charge in [-0.25, -0.2) is 9.97 Å². The quantitative estimate of drug-likeness (QED) is 0.660. The van der Waals surface area contributed by atoms with Crippen LogP contribution in [-0.2, 0) is 0 Å². The van der Waals surface area contributed by atoms with E-state index in [9.17, 15) is 4.79 Å². The molecule has 1 fully saturated rings. The van der Waals surface area contributed by atoms with Gasteiger partial charge in [0.05, 0.1) is 13.3 Å². The molecule has 0 aliphatic carbocycles. The van der Waals surface area contributed by atoms with Crippen LogP contribution in [0.2, 0.25) is 0 Å². The first-order chi connectivity index (χ1) is 14.1. The summed E-state index contributed by atoms with van der Waals surface area (Å²) in [7, 11) is 1.62. The Morgan fingerprint density at radius 3 is 2.66 bits per heavy atom. The molecule has 0 bridgehead atoms. The lowest BCUT2D eigenvalue weighted by atomic mass is 10.1. The Morgan fingerprint density at radius 1 is 1.14 bits per heavy atom. The zero-order valence-corrected chi connectivity index (χ0v) is 16.3. The summed E-state index contributed by atoms with van der Waals surface area (Å²) >= 11 is 0. The number of amides is 1. The molecule has 2 aromatic heterocycles. The van der Waals surface area contributed by atoms with Crippen molar-refractivity contribution in [2.45, 2.75) is 19.3 Å². The minimum Gasteiger partial charge on any atom is -0.497 e. The van der Waals surface area contributed by atoms with E-state index in [1.807, 2.05) is 31.2 Å². The monoisotopic (exact) mass is 391 g/mol. The summed E-state index contributed by atoms with van der Waals surface area (Å²) in [5.41, 5.74) is 1.17. The van der Waals surface area contributed by atoms with E-state index >= 15 is 0 Å². The zero-order valence-electron chi connectivity index (χ0n) is 16.3. The Kier molecular flexibility index (Phi) is 5.33. The van der Waals surface area contributed by atoms with Gasteiger partial charge in [0.15, 0.2) is 0 Å². The predicted molar refractivity (Wildman–Crippen MR) is 105 cm³/mol. The summed E-state index contributed by atoms with van der Waals surface area (Å²) in [5, 5.41) is 0. The molecule has 0 radical (unpaired) electrons. The van der Waals surface area contributed by atoms with Crippen LogP contribution in [0.4, 0.5) is 0 Å². The van der Waals surface area contributed by atoms with Gasteiger partial charge in [-0.05, 0) is 37.6 Å². The smallest absolute Gasteiger partial charge is 0.274 e. The van der Waals surface area contributed by atoms with Gasteiger partial charge in [-0.2, -0.15) is 4.98 Å². The van der Waals surface area contributed by atoms with Crippen molar-refractivity contribution in [2.75, 3.05) is 20.2 Å². The Bertz CT molecular complexity index is 995. The summed E-state index contributed by atoms with van der Waals surface area (Å²) in [6, 6.07) is 9.11.